The molecule has 4 nitrogen and oxygen atoms in total. The normalized spacial score (nSPS) is 7.08. The number of rotatable bonds is 1. The number of amides is 1. The van der Waals surface area contributed by atoms with Crippen molar-refractivity contribution in [3.63, 3.8) is 0 Å². The van der Waals surface area contributed by atoms with Crippen LogP contribution in [0.25, 0.3) is 0 Å². The van der Waals surface area contributed by atoms with E-state index in [2.05, 4.69) is 5.73 Å². The van der Waals surface area contributed by atoms with E-state index in [1.165, 1.54) is 0 Å². The molecule has 0 saturated heterocycles. The number of benzene rings is 1. The van der Waals surface area contributed by atoms with E-state index in [-0.39, 0.29) is 51.4 Å². The van der Waals surface area contributed by atoms with Gasteiger partial charge in [-0.1, -0.05) is 18.2 Å². The monoisotopic (exact) mass is 205 g/mol. The molecule has 0 saturated carbocycles. The summed E-state index contributed by atoms with van der Waals surface area (Å²) in [6.45, 7) is 0. The van der Waals surface area contributed by atoms with Crippen LogP contribution in [0.3, 0.4) is 0 Å². The molecule has 0 aliphatic carbocycles. The van der Waals surface area contributed by atoms with Crippen molar-refractivity contribution in [3.8, 4) is 0 Å². The van der Waals surface area contributed by atoms with Crippen molar-refractivity contribution in [2.45, 2.75) is 0 Å². The average Bonchev–Trinajstić information content (AvgIpc) is 2.07. The van der Waals surface area contributed by atoms with Gasteiger partial charge in [0.2, 0.25) is 0 Å². The second-order valence-electron chi connectivity index (χ2n) is 1.79. The largest absolute Gasteiger partial charge is 1.00 e. The SMILES string of the molecule is N[C-]=O.O=C(O)c1ccccc1.[K+]. The molecule has 13 heavy (non-hydrogen) atoms. The summed E-state index contributed by atoms with van der Waals surface area (Å²) in [5, 5.41) is 8.38. The Labute approximate surface area is 119 Å². The van der Waals surface area contributed by atoms with E-state index in [4.69, 9.17) is 9.90 Å². The minimum absolute atomic E-state index is 0. The third-order valence-corrected chi connectivity index (χ3v) is 1.02. The maximum atomic E-state index is 10.2. The van der Waals surface area contributed by atoms with Crippen LogP contribution in [0.1, 0.15) is 10.4 Å². The second-order valence-corrected chi connectivity index (χ2v) is 1.79. The van der Waals surface area contributed by atoms with Crippen LogP contribution in [-0.4, -0.2) is 17.5 Å². The molecule has 5 heteroatoms. The van der Waals surface area contributed by atoms with Crippen molar-refractivity contribution in [2.24, 2.45) is 5.73 Å². The maximum Gasteiger partial charge on any atom is 1.00 e. The van der Waals surface area contributed by atoms with Gasteiger partial charge in [0.15, 0.2) is 0 Å². The van der Waals surface area contributed by atoms with Gasteiger partial charge in [-0.25, -0.2) is 4.79 Å². The molecule has 1 rings (SSSR count). The molecule has 1 aromatic carbocycles. The molecular weight excluding hydrogens is 197 g/mol. The number of nitrogens with two attached hydrogens (primary N) is 1. The zero-order chi connectivity index (χ0) is 9.40. The zero-order valence-electron chi connectivity index (χ0n) is 7.23. The van der Waals surface area contributed by atoms with Gasteiger partial charge in [0, 0.05) is 0 Å². The summed E-state index contributed by atoms with van der Waals surface area (Å²) in [5.74, 6) is -0.879. The molecule has 0 aliphatic rings. The molecule has 1 amide bonds. The predicted molar refractivity (Wildman–Crippen MR) is 43.3 cm³/mol. The molecule has 64 valence electrons. The second kappa shape index (κ2) is 9.88. The molecule has 0 spiro atoms. The number of carboxylic acids is 1. The van der Waals surface area contributed by atoms with Crippen molar-refractivity contribution < 1.29 is 66.1 Å². The van der Waals surface area contributed by atoms with Crippen LogP contribution in [0.4, 0.5) is 0 Å². The van der Waals surface area contributed by atoms with Crippen LogP contribution in [0.15, 0.2) is 30.3 Å². The number of hydrogen-bond acceptors (Lipinski definition) is 2. The first-order chi connectivity index (χ1) is 5.72. The van der Waals surface area contributed by atoms with Crippen molar-refractivity contribution in [3.05, 3.63) is 35.9 Å². The molecular formula is C8H8KNO3. The van der Waals surface area contributed by atoms with E-state index < -0.39 is 5.97 Å². The Hall–Kier alpha value is -0.204. The summed E-state index contributed by atoms with van der Waals surface area (Å²) in [7, 11) is 0. The molecule has 0 aromatic heterocycles. The van der Waals surface area contributed by atoms with Crippen LogP contribution in [-0.2, 0) is 4.79 Å². The van der Waals surface area contributed by atoms with Gasteiger partial charge in [0.25, 0.3) is 0 Å². The fourth-order valence-electron chi connectivity index (χ4n) is 0.581. The van der Waals surface area contributed by atoms with Gasteiger partial charge < -0.3 is 15.6 Å². The van der Waals surface area contributed by atoms with Gasteiger partial charge in [0.1, 0.15) is 0 Å². The molecule has 3 N–H and O–H groups in total. The summed E-state index contributed by atoms with van der Waals surface area (Å²) >= 11 is 0. The summed E-state index contributed by atoms with van der Waals surface area (Å²) in [5.41, 5.74) is 4.37. The summed E-state index contributed by atoms with van der Waals surface area (Å²) in [6.07, 6.45) is 1.00. The first kappa shape index (κ1) is 15.3. The molecule has 0 fully saturated rings. The summed E-state index contributed by atoms with van der Waals surface area (Å²) in [6, 6.07) is 8.30. The standard InChI is InChI=1S/C7H6O2.CH2NO.K/c8-7(9)6-4-2-1-3-5-6;2-1-3;/h1-5H,(H,8,9);(H2,2,3);/q;-1;+1. The number of carbonyl (C=O) groups is 1. The molecule has 0 radical (unpaired) electrons. The van der Waals surface area contributed by atoms with Gasteiger partial charge in [-0.15, -0.1) is 0 Å². The van der Waals surface area contributed by atoms with Crippen LogP contribution >= 0.6 is 0 Å². The van der Waals surface area contributed by atoms with Crippen LogP contribution in [0.2, 0.25) is 0 Å². The minimum atomic E-state index is -0.879. The van der Waals surface area contributed by atoms with E-state index in [0.717, 1.165) is 6.41 Å². The van der Waals surface area contributed by atoms with E-state index >= 15 is 0 Å². The topological polar surface area (TPSA) is 80.4 Å². The molecule has 0 aliphatic heterocycles. The van der Waals surface area contributed by atoms with E-state index in [1.54, 1.807) is 30.3 Å². The van der Waals surface area contributed by atoms with E-state index in [1.807, 2.05) is 0 Å². The molecule has 0 bridgehead atoms. The van der Waals surface area contributed by atoms with Gasteiger partial charge in [-0.05, 0) is 12.1 Å². The van der Waals surface area contributed by atoms with Crippen LogP contribution in [0, 0.1) is 0 Å². The van der Waals surface area contributed by atoms with Gasteiger partial charge >= 0.3 is 57.4 Å². The number of primary amides is 1. The Balaban J connectivity index is 0. The molecule has 0 atom stereocenters. The molecule has 0 heterocycles. The van der Waals surface area contributed by atoms with Gasteiger partial charge in [-0.2, -0.15) is 6.41 Å². The molecule has 1 aromatic rings. The Kier molecular flexibility index (Phi) is 11.6. The van der Waals surface area contributed by atoms with Gasteiger partial charge in [-0.3, -0.25) is 0 Å². The van der Waals surface area contributed by atoms with Crippen molar-refractivity contribution in [1.82, 2.24) is 0 Å². The first-order valence-electron chi connectivity index (χ1n) is 3.08. The third kappa shape index (κ3) is 8.14. The van der Waals surface area contributed by atoms with E-state index in [0.29, 0.717) is 5.56 Å². The Bertz CT molecular complexity index is 251. The van der Waals surface area contributed by atoms with Gasteiger partial charge in [0.05, 0.1) is 5.56 Å². The third-order valence-electron chi connectivity index (χ3n) is 1.02. The number of aromatic carboxylic acids is 1. The fraction of sp³-hybridized carbons (Fsp3) is 0. The Morgan fingerprint density at radius 1 is 1.31 bits per heavy atom. The molecule has 0 unspecified atom stereocenters. The number of hydrogen-bond donors (Lipinski definition) is 2. The van der Waals surface area contributed by atoms with Crippen molar-refractivity contribution in [2.75, 3.05) is 0 Å². The predicted octanol–water partition coefficient (Wildman–Crippen LogP) is -2.60. The Morgan fingerprint density at radius 2 is 1.69 bits per heavy atom. The van der Waals surface area contributed by atoms with E-state index in [9.17, 15) is 4.79 Å². The zero-order valence-corrected chi connectivity index (χ0v) is 10.4. The van der Waals surface area contributed by atoms with Crippen LogP contribution in [0.5, 0.6) is 0 Å². The van der Waals surface area contributed by atoms with Crippen molar-refractivity contribution in [1.29, 1.82) is 0 Å². The fourth-order valence-corrected chi connectivity index (χ4v) is 0.581. The van der Waals surface area contributed by atoms with Crippen molar-refractivity contribution >= 4 is 12.4 Å². The first-order valence-corrected chi connectivity index (χ1v) is 3.08. The quantitative estimate of drug-likeness (QED) is 0.300. The number of carbonyl (C=O) groups excluding carboxylic acids is 1. The summed E-state index contributed by atoms with van der Waals surface area (Å²) < 4.78 is 0. The summed E-state index contributed by atoms with van der Waals surface area (Å²) in [4.78, 5) is 18.7. The average molecular weight is 205 g/mol. The smallest absolute Gasteiger partial charge is 0.543 e. The number of carboxylic acid groups (broad SMARTS) is 1. The maximum absolute atomic E-state index is 10.2. The van der Waals surface area contributed by atoms with Crippen LogP contribution < -0.4 is 57.1 Å². The Morgan fingerprint density at radius 3 is 1.92 bits per heavy atom. The minimum Gasteiger partial charge on any atom is -0.543 e.